The maximum absolute atomic E-state index is 6.64. The van der Waals surface area contributed by atoms with E-state index in [0.717, 1.165) is 93.9 Å². The normalized spacial score (nSPS) is 14.9. The summed E-state index contributed by atoms with van der Waals surface area (Å²) in [5, 5.41) is 4.18. The van der Waals surface area contributed by atoms with Crippen molar-refractivity contribution in [2.24, 2.45) is 0 Å². The van der Waals surface area contributed by atoms with E-state index >= 15 is 0 Å². The fourth-order valence-corrected chi connectivity index (χ4v) is 6.37. The van der Waals surface area contributed by atoms with Crippen LogP contribution in [0.4, 0.5) is 11.4 Å². The van der Waals surface area contributed by atoms with Crippen molar-refractivity contribution in [1.82, 2.24) is 15.3 Å². The molecule has 2 aliphatic heterocycles. The molecule has 1 N–H and O–H groups in total. The Balaban J connectivity index is 1.34. The Kier molecular flexibility index (Phi) is 7.02. The Bertz CT molecular complexity index is 1770. The van der Waals surface area contributed by atoms with Gasteiger partial charge in [-0.25, -0.2) is 9.97 Å². The summed E-state index contributed by atoms with van der Waals surface area (Å²) < 4.78 is 6.64. The molecule has 0 amide bonds. The fourth-order valence-electron chi connectivity index (χ4n) is 6.14. The summed E-state index contributed by atoms with van der Waals surface area (Å²) in [7, 11) is 0. The molecule has 2 aliphatic rings. The maximum Gasteiger partial charge on any atom is 0.154 e. The highest BCUT2D eigenvalue weighted by atomic mass is 35.5. The maximum atomic E-state index is 6.64. The van der Waals surface area contributed by atoms with E-state index in [2.05, 4.69) is 87.1 Å². The lowest BCUT2D eigenvalue weighted by Crippen LogP contribution is -2.43. The first kappa shape index (κ1) is 26.5. The molecule has 6 nitrogen and oxygen atoms in total. The van der Waals surface area contributed by atoms with E-state index in [-0.39, 0.29) is 0 Å². The minimum absolute atomic E-state index is 0.624. The van der Waals surface area contributed by atoms with Crippen LogP contribution in [-0.4, -0.2) is 36.1 Å². The number of nitrogens with zero attached hydrogens (tertiary/aromatic N) is 4. The molecule has 210 valence electrons. The van der Waals surface area contributed by atoms with Crippen molar-refractivity contribution in [3.8, 4) is 22.5 Å². The van der Waals surface area contributed by atoms with Gasteiger partial charge in [0, 0.05) is 84.6 Å². The molecule has 7 heteroatoms. The number of rotatable bonds is 5. The first-order valence-electron chi connectivity index (χ1n) is 14.3. The van der Waals surface area contributed by atoms with Crippen LogP contribution in [0.3, 0.4) is 0 Å². The molecule has 5 aromatic rings. The van der Waals surface area contributed by atoms with Crippen LogP contribution in [0.2, 0.25) is 5.02 Å². The summed E-state index contributed by atoms with van der Waals surface area (Å²) in [5.74, 6) is 1.65. The van der Waals surface area contributed by atoms with Gasteiger partial charge in [0.2, 0.25) is 0 Å². The van der Waals surface area contributed by atoms with Crippen LogP contribution in [-0.2, 0) is 13.0 Å². The van der Waals surface area contributed by atoms with Crippen LogP contribution < -0.4 is 15.1 Å². The second-order valence-corrected chi connectivity index (χ2v) is 11.4. The number of halogens is 1. The molecule has 0 unspecified atom stereocenters. The fraction of sp³-hybridized carbons (Fsp3) is 0.200. The van der Waals surface area contributed by atoms with Gasteiger partial charge < -0.3 is 19.5 Å². The van der Waals surface area contributed by atoms with Gasteiger partial charge in [0.25, 0.3) is 0 Å². The minimum Gasteiger partial charge on any atom is -0.454 e. The topological polar surface area (TPSA) is 57.4 Å². The number of anilines is 2. The number of aromatic nitrogens is 2. The van der Waals surface area contributed by atoms with Crippen LogP contribution in [0.1, 0.15) is 28.0 Å². The van der Waals surface area contributed by atoms with Gasteiger partial charge in [0.15, 0.2) is 5.76 Å². The predicted molar refractivity (Wildman–Crippen MR) is 171 cm³/mol. The van der Waals surface area contributed by atoms with E-state index in [4.69, 9.17) is 16.0 Å². The molecular formula is C35H32ClN5O. The van der Waals surface area contributed by atoms with E-state index in [1.54, 1.807) is 6.33 Å². The molecule has 0 atom stereocenters. The van der Waals surface area contributed by atoms with Gasteiger partial charge in [-0.15, -0.1) is 0 Å². The average Bonchev–Trinajstić information content (AvgIpc) is 3.40. The third-order valence-corrected chi connectivity index (χ3v) is 8.52. The number of furan rings is 1. The summed E-state index contributed by atoms with van der Waals surface area (Å²) in [6.45, 7) is 11.3. The van der Waals surface area contributed by atoms with Crippen molar-refractivity contribution in [3.05, 3.63) is 125 Å². The zero-order valence-corrected chi connectivity index (χ0v) is 24.4. The molecule has 7 rings (SSSR count). The van der Waals surface area contributed by atoms with Crippen molar-refractivity contribution in [2.75, 3.05) is 36.0 Å². The minimum atomic E-state index is 0.624. The molecule has 0 bridgehead atoms. The van der Waals surface area contributed by atoms with Crippen LogP contribution in [0, 0.1) is 6.92 Å². The van der Waals surface area contributed by atoms with Gasteiger partial charge in [0.05, 0.1) is 5.70 Å². The number of hydrogen-bond acceptors (Lipinski definition) is 6. The summed E-state index contributed by atoms with van der Waals surface area (Å²) in [4.78, 5) is 13.3. The molecule has 4 heterocycles. The first-order valence-corrected chi connectivity index (χ1v) is 14.7. The van der Waals surface area contributed by atoms with Crippen molar-refractivity contribution in [3.63, 3.8) is 0 Å². The van der Waals surface area contributed by atoms with Gasteiger partial charge >= 0.3 is 0 Å². The Morgan fingerprint density at radius 1 is 0.929 bits per heavy atom. The highest BCUT2D eigenvalue weighted by Crippen LogP contribution is 2.42. The van der Waals surface area contributed by atoms with Gasteiger partial charge in [0.1, 0.15) is 12.1 Å². The smallest absolute Gasteiger partial charge is 0.154 e. The van der Waals surface area contributed by atoms with E-state index < -0.39 is 0 Å². The predicted octanol–water partition coefficient (Wildman–Crippen LogP) is 7.36. The van der Waals surface area contributed by atoms with Crippen molar-refractivity contribution in [2.45, 2.75) is 19.9 Å². The summed E-state index contributed by atoms with van der Waals surface area (Å²) in [6.07, 6.45) is 6.04. The second-order valence-electron chi connectivity index (χ2n) is 11.0. The molecule has 1 fully saturated rings. The molecule has 0 saturated carbocycles. The lowest BCUT2D eigenvalue weighted by Gasteiger charge is -2.31. The number of nitrogens with one attached hydrogen (secondary N) is 1. The number of benzene rings is 3. The summed E-state index contributed by atoms with van der Waals surface area (Å²) in [5.41, 5.74) is 11.0. The van der Waals surface area contributed by atoms with E-state index in [0.29, 0.717) is 6.54 Å². The summed E-state index contributed by atoms with van der Waals surface area (Å²) in [6, 6.07) is 23.4. The lowest BCUT2D eigenvalue weighted by molar-refractivity contribution is 0.562. The third kappa shape index (κ3) is 4.97. The zero-order chi connectivity index (χ0) is 28.6. The first-order chi connectivity index (χ1) is 20.5. The molecule has 42 heavy (non-hydrogen) atoms. The van der Waals surface area contributed by atoms with Crippen molar-refractivity contribution in [1.29, 1.82) is 0 Å². The molecule has 1 saturated heterocycles. The number of aryl methyl sites for hydroxylation is 1. The van der Waals surface area contributed by atoms with E-state index in [1.807, 2.05) is 30.6 Å². The Morgan fingerprint density at radius 3 is 2.55 bits per heavy atom. The Morgan fingerprint density at radius 2 is 1.74 bits per heavy atom. The zero-order valence-electron chi connectivity index (χ0n) is 23.6. The molecular weight excluding hydrogens is 542 g/mol. The highest BCUT2D eigenvalue weighted by molar-refractivity contribution is 6.30. The Hall–Kier alpha value is -4.39. The SMILES string of the molecule is C=C1c2oc(-c3ccc(Cl)cc3C)cc2Cc2cc(N3CCNCC3)ccc2N1Cc1ccccc1-c1cncnc1. The molecule has 0 spiro atoms. The van der Waals surface area contributed by atoms with Crippen LogP contribution in [0.15, 0.2) is 96.4 Å². The number of hydrogen-bond donors (Lipinski definition) is 1. The molecule has 0 aliphatic carbocycles. The molecule has 2 aromatic heterocycles. The van der Waals surface area contributed by atoms with Crippen molar-refractivity contribution < 1.29 is 4.42 Å². The van der Waals surface area contributed by atoms with E-state index in [9.17, 15) is 0 Å². The lowest BCUT2D eigenvalue weighted by atomic mass is 10.0. The number of piperazine rings is 1. The quantitative estimate of drug-likeness (QED) is 0.237. The van der Waals surface area contributed by atoms with Crippen LogP contribution in [0.5, 0.6) is 0 Å². The van der Waals surface area contributed by atoms with Gasteiger partial charge in [-0.3, -0.25) is 0 Å². The average molecular weight is 574 g/mol. The molecule has 3 aromatic carbocycles. The van der Waals surface area contributed by atoms with E-state index in [1.165, 1.54) is 11.3 Å². The van der Waals surface area contributed by atoms with Crippen molar-refractivity contribution >= 4 is 28.7 Å². The van der Waals surface area contributed by atoms with Crippen LogP contribution in [0.25, 0.3) is 28.1 Å². The van der Waals surface area contributed by atoms with Gasteiger partial charge in [-0.2, -0.15) is 0 Å². The van der Waals surface area contributed by atoms with Crippen LogP contribution >= 0.6 is 11.6 Å². The standard InChI is InChI=1S/C35H32ClN5O/c1-23-15-29(36)7-9-31(23)34-18-27-16-26-17-30(40-13-11-37-12-14-40)8-10-33(26)41(24(2)35(27)42-34)21-25-5-3-4-6-32(25)28-19-38-22-39-20-28/h3-10,15,17-20,22,37H,2,11-14,16,21H2,1H3. The monoisotopic (exact) mass is 573 g/mol. The third-order valence-electron chi connectivity index (χ3n) is 8.29. The van der Waals surface area contributed by atoms with Gasteiger partial charge in [-0.05, 0) is 71.6 Å². The second kappa shape index (κ2) is 11.1. The van der Waals surface area contributed by atoms with Gasteiger partial charge in [-0.1, -0.05) is 42.4 Å². The number of fused-ring (bicyclic) bond motifs is 2. The Labute approximate surface area is 251 Å². The largest absolute Gasteiger partial charge is 0.454 e. The molecule has 0 radical (unpaired) electrons. The summed E-state index contributed by atoms with van der Waals surface area (Å²) >= 11 is 6.27. The highest BCUT2D eigenvalue weighted by Gasteiger charge is 2.28.